The van der Waals surface area contributed by atoms with Crippen molar-refractivity contribution in [3.05, 3.63) is 20.8 Å². The van der Waals surface area contributed by atoms with Crippen molar-refractivity contribution in [2.24, 2.45) is 0 Å². The molecule has 1 aromatic rings. The average Bonchev–Trinajstić information content (AvgIpc) is 2.60. The molecule has 0 bridgehead atoms. The SMILES string of the molecule is O=C1CN(CC(=O)c2sccc2Br)CCCN1. The summed E-state index contributed by atoms with van der Waals surface area (Å²) in [6, 6.07) is 1.87. The predicted octanol–water partition coefficient (Wildman–Crippen LogP) is 1.52. The van der Waals surface area contributed by atoms with Gasteiger partial charge in [-0.15, -0.1) is 11.3 Å². The van der Waals surface area contributed by atoms with Crippen LogP contribution in [-0.2, 0) is 4.79 Å². The van der Waals surface area contributed by atoms with Crippen molar-refractivity contribution < 1.29 is 9.59 Å². The van der Waals surface area contributed by atoms with Gasteiger partial charge in [0, 0.05) is 17.6 Å². The number of hydrogen-bond acceptors (Lipinski definition) is 4. The summed E-state index contributed by atoms with van der Waals surface area (Å²) in [6.07, 6.45) is 0.893. The van der Waals surface area contributed by atoms with Crippen LogP contribution < -0.4 is 5.32 Å². The van der Waals surface area contributed by atoms with Gasteiger partial charge in [0.15, 0.2) is 5.78 Å². The van der Waals surface area contributed by atoms with Gasteiger partial charge in [0.2, 0.25) is 5.91 Å². The molecule has 1 aliphatic rings. The first kappa shape index (κ1) is 12.7. The van der Waals surface area contributed by atoms with Gasteiger partial charge in [-0.25, -0.2) is 0 Å². The van der Waals surface area contributed by atoms with E-state index in [2.05, 4.69) is 21.2 Å². The van der Waals surface area contributed by atoms with Crippen LogP contribution in [0.4, 0.5) is 0 Å². The molecule has 0 spiro atoms. The highest BCUT2D eigenvalue weighted by molar-refractivity contribution is 9.10. The molecule has 0 aliphatic carbocycles. The Kier molecular flexibility index (Phi) is 4.31. The third-order valence-electron chi connectivity index (χ3n) is 2.58. The Morgan fingerprint density at radius 1 is 1.59 bits per heavy atom. The van der Waals surface area contributed by atoms with Gasteiger partial charge < -0.3 is 5.32 Å². The fourth-order valence-electron chi connectivity index (χ4n) is 1.77. The molecular formula is C11H13BrN2O2S. The molecule has 6 heteroatoms. The van der Waals surface area contributed by atoms with E-state index in [1.165, 1.54) is 11.3 Å². The van der Waals surface area contributed by atoms with E-state index in [4.69, 9.17) is 0 Å². The second-order valence-corrected chi connectivity index (χ2v) is 5.71. The van der Waals surface area contributed by atoms with Crippen LogP contribution in [0, 0.1) is 0 Å². The first-order valence-electron chi connectivity index (χ1n) is 5.42. The third-order valence-corrected chi connectivity index (χ3v) is 4.46. The van der Waals surface area contributed by atoms with E-state index >= 15 is 0 Å². The predicted molar refractivity (Wildman–Crippen MR) is 70.4 cm³/mol. The van der Waals surface area contributed by atoms with Crippen LogP contribution in [0.15, 0.2) is 15.9 Å². The van der Waals surface area contributed by atoms with E-state index in [0.29, 0.717) is 19.6 Å². The van der Waals surface area contributed by atoms with Crippen molar-refractivity contribution in [2.75, 3.05) is 26.2 Å². The number of amides is 1. The van der Waals surface area contributed by atoms with Crippen molar-refractivity contribution >= 4 is 39.0 Å². The van der Waals surface area contributed by atoms with Crippen molar-refractivity contribution in [3.63, 3.8) is 0 Å². The molecule has 4 nitrogen and oxygen atoms in total. The fraction of sp³-hybridized carbons (Fsp3) is 0.455. The van der Waals surface area contributed by atoms with E-state index in [9.17, 15) is 9.59 Å². The van der Waals surface area contributed by atoms with Gasteiger partial charge in [0.05, 0.1) is 18.0 Å². The second kappa shape index (κ2) is 5.75. The zero-order valence-corrected chi connectivity index (χ0v) is 11.6. The third kappa shape index (κ3) is 3.37. The van der Waals surface area contributed by atoms with Crippen LogP contribution in [-0.4, -0.2) is 42.8 Å². The van der Waals surface area contributed by atoms with Gasteiger partial charge >= 0.3 is 0 Å². The monoisotopic (exact) mass is 316 g/mol. The van der Waals surface area contributed by atoms with Crippen molar-refractivity contribution in [2.45, 2.75) is 6.42 Å². The molecule has 1 amide bonds. The number of thiophene rings is 1. The smallest absolute Gasteiger partial charge is 0.234 e. The number of ketones is 1. The number of halogens is 1. The van der Waals surface area contributed by atoms with E-state index < -0.39 is 0 Å². The minimum atomic E-state index is 0.000505. The lowest BCUT2D eigenvalue weighted by atomic mass is 10.3. The average molecular weight is 317 g/mol. The van der Waals surface area contributed by atoms with Gasteiger partial charge in [-0.1, -0.05) is 0 Å². The van der Waals surface area contributed by atoms with E-state index in [-0.39, 0.29) is 11.7 Å². The molecule has 1 aromatic heterocycles. The largest absolute Gasteiger partial charge is 0.355 e. The van der Waals surface area contributed by atoms with E-state index in [1.807, 2.05) is 16.3 Å². The molecule has 1 fully saturated rings. The Morgan fingerprint density at radius 2 is 2.41 bits per heavy atom. The first-order chi connectivity index (χ1) is 8.16. The summed E-state index contributed by atoms with van der Waals surface area (Å²) in [6.45, 7) is 2.11. The van der Waals surface area contributed by atoms with E-state index in [1.54, 1.807) is 0 Å². The molecule has 0 saturated carbocycles. The Morgan fingerprint density at radius 3 is 3.12 bits per heavy atom. The first-order valence-corrected chi connectivity index (χ1v) is 7.09. The summed E-state index contributed by atoms with van der Waals surface area (Å²) in [4.78, 5) is 26.0. The molecule has 0 atom stereocenters. The van der Waals surface area contributed by atoms with Crippen molar-refractivity contribution in [1.82, 2.24) is 10.2 Å². The van der Waals surface area contributed by atoms with Crippen LogP contribution in [0.1, 0.15) is 16.1 Å². The maximum Gasteiger partial charge on any atom is 0.234 e. The maximum absolute atomic E-state index is 12.0. The quantitative estimate of drug-likeness (QED) is 0.860. The molecule has 92 valence electrons. The van der Waals surface area contributed by atoms with Crippen LogP contribution >= 0.6 is 27.3 Å². The second-order valence-electron chi connectivity index (χ2n) is 3.94. The summed E-state index contributed by atoms with van der Waals surface area (Å²) < 4.78 is 0.840. The number of nitrogens with zero attached hydrogens (tertiary/aromatic N) is 1. The molecule has 2 heterocycles. The highest BCUT2D eigenvalue weighted by atomic mass is 79.9. The number of Topliss-reactive ketones (excluding diaryl/α,β-unsaturated/α-hetero) is 1. The zero-order chi connectivity index (χ0) is 12.3. The lowest BCUT2D eigenvalue weighted by molar-refractivity contribution is -0.121. The van der Waals surface area contributed by atoms with Crippen molar-refractivity contribution in [1.29, 1.82) is 0 Å². The van der Waals surface area contributed by atoms with Gasteiger partial charge in [0.1, 0.15) is 0 Å². The van der Waals surface area contributed by atoms with Crippen LogP contribution in [0.5, 0.6) is 0 Å². The summed E-state index contributed by atoms with van der Waals surface area (Å²) >= 11 is 4.78. The molecular weight excluding hydrogens is 304 g/mol. The highest BCUT2D eigenvalue weighted by Gasteiger charge is 2.19. The summed E-state index contributed by atoms with van der Waals surface area (Å²) in [5.74, 6) is 0.0714. The standard InChI is InChI=1S/C11H13BrN2O2S/c12-8-2-5-17-11(8)9(15)6-14-4-1-3-13-10(16)7-14/h2,5H,1,3-4,6-7H2,(H,13,16). The maximum atomic E-state index is 12.0. The number of hydrogen-bond donors (Lipinski definition) is 1. The summed E-state index contributed by atoms with van der Waals surface area (Å²) in [7, 11) is 0. The highest BCUT2D eigenvalue weighted by Crippen LogP contribution is 2.23. The summed E-state index contributed by atoms with van der Waals surface area (Å²) in [5, 5.41) is 4.68. The van der Waals surface area contributed by atoms with Gasteiger partial charge in [0.25, 0.3) is 0 Å². The van der Waals surface area contributed by atoms with Crippen LogP contribution in [0.2, 0.25) is 0 Å². The minimum Gasteiger partial charge on any atom is -0.355 e. The molecule has 1 N–H and O–H groups in total. The molecule has 0 unspecified atom stereocenters. The van der Waals surface area contributed by atoms with Crippen LogP contribution in [0.25, 0.3) is 0 Å². The van der Waals surface area contributed by atoms with Gasteiger partial charge in [-0.05, 0) is 33.8 Å². The Bertz CT molecular complexity index is 433. The van der Waals surface area contributed by atoms with Gasteiger partial charge in [-0.2, -0.15) is 0 Å². The Balaban J connectivity index is 1.98. The zero-order valence-electron chi connectivity index (χ0n) is 9.24. The lowest BCUT2D eigenvalue weighted by Crippen LogP contribution is -2.36. The minimum absolute atomic E-state index is 0.000505. The Hall–Kier alpha value is -0.720. The Labute approximate surface area is 112 Å². The molecule has 17 heavy (non-hydrogen) atoms. The molecule has 1 aliphatic heterocycles. The number of carbonyl (C=O) groups is 2. The molecule has 0 radical (unpaired) electrons. The molecule has 0 aromatic carbocycles. The van der Waals surface area contributed by atoms with Crippen LogP contribution in [0.3, 0.4) is 0 Å². The number of rotatable bonds is 3. The summed E-state index contributed by atoms with van der Waals surface area (Å²) in [5.41, 5.74) is 0. The van der Waals surface area contributed by atoms with E-state index in [0.717, 1.165) is 22.3 Å². The number of nitrogens with one attached hydrogen (secondary N) is 1. The molecule has 1 saturated heterocycles. The normalized spacial score (nSPS) is 17.6. The van der Waals surface area contributed by atoms with Crippen molar-refractivity contribution in [3.8, 4) is 0 Å². The number of carbonyl (C=O) groups excluding carboxylic acids is 2. The fourth-order valence-corrected chi connectivity index (χ4v) is 3.30. The lowest BCUT2D eigenvalue weighted by Gasteiger charge is -2.16. The topological polar surface area (TPSA) is 49.4 Å². The van der Waals surface area contributed by atoms with Gasteiger partial charge in [-0.3, -0.25) is 14.5 Å². The molecule has 2 rings (SSSR count).